The average molecular weight is 375 g/mol. The van der Waals surface area contributed by atoms with Crippen LogP contribution in [0, 0.1) is 13.8 Å². The van der Waals surface area contributed by atoms with Gasteiger partial charge in [0, 0.05) is 25.1 Å². The second kappa shape index (κ2) is 7.58. The number of hydrogen-bond donors (Lipinski definition) is 0. The summed E-state index contributed by atoms with van der Waals surface area (Å²) in [5.74, 6) is 1.23. The molecule has 0 bridgehead atoms. The lowest BCUT2D eigenvalue weighted by molar-refractivity contribution is -0.128. The van der Waals surface area contributed by atoms with Gasteiger partial charge in [0.05, 0.1) is 5.92 Å². The highest BCUT2D eigenvalue weighted by atomic mass is 16.5. The van der Waals surface area contributed by atoms with Crippen LogP contribution >= 0.6 is 0 Å². The van der Waals surface area contributed by atoms with Crippen molar-refractivity contribution < 1.29 is 9.32 Å². The van der Waals surface area contributed by atoms with Crippen LogP contribution in [0.4, 0.5) is 0 Å². The molecule has 1 amide bonds. The van der Waals surface area contributed by atoms with Gasteiger partial charge in [-0.3, -0.25) is 4.79 Å². The molecule has 0 N–H and O–H groups in total. The highest BCUT2D eigenvalue weighted by Crippen LogP contribution is 2.30. The van der Waals surface area contributed by atoms with Gasteiger partial charge in [0.2, 0.25) is 17.6 Å². The molecule has 0 spiro atoms. The predicted molar refractivity (Wildman–Crippen MR) is 108 cm³/mol. The van der Waals surface area contributed by atoms with Crippen molar-refractivity contribution in [2.24, 2.45) is 0 Å². The molecule has 1 fully saturated rings. The van der Waals surface area contributed by atoms with Gasteiger partial charge >= 0.3 is 0 Å². The fraction of sp³-hybridized carbons (Fsp3) is 0.348. The molecule has 4 rings (SSSR count). The van der Waals surface area contributed by atoms with Gasteiger partial charge in [-0.2, -0.15) is 4.98 Å². The summed E-state index contributed by atoms with van der Waals surface area (Å²) in [6, 6.07) is 14.6. The van der Waals surface area contributed by atoms with E-state index < -0.39 is 0 Å². The maximum Gasteiger partial charge on any atom is 0.232 e. The van der Waals surface area contributed by atoms with E-state index in [1.54, 1.807) is 0 Å². The van der Waals surface area contributed by atoms with Crippen LogP contribution in [-0.2, 0) is 17.8 Å². The van der Waals surface area contributed by atoms with Crippen LogP contribution in [0.2, 0.25) is 0 Å². The highest BCUT2D eigenvalue weighted by molar-refractivity contribution is 5.79. The third-order valence-electron chi connectivity index (χ3n) is 5.43. The van der Waals surface area contributed by atoms with E-state index in [0.717, 1.165) is 23.1 Å². The van der Waals surface area contributed by atoms with Gasteiger partial charge in [-0.05, 0) is 37.0 Å². The van der Waals surface area contributed by atoms with E-state index in [9.17, 15) is 4.79 Å². The number of amides is 1. The zero-order chi connectivity index (χ0) is 19.7. The minimum absolute atomic E-state index is 0.0468. The molecule has 144 valence electrons. The first kappa shape index (κ1) is 18.4. The molecule has 1 saturated heterocycles. The fourth-order valence-electron chi connectivity index (χ4n) is 3.77. The maximum atomic E-state index is 12.5. The molecule has 1 aliphatic heterocycles. The molecule has 2 heterocycles. The molecular formula is C23H25N3O2. The molecule has 28 heavy (non-hydrogen) atoms. The van der Waals surface area contributed by atoms with Crippen molar-refractivity contribution in [2.75, 3.05) is 6.54 Å². The summed E-state index contributed by atoms with van der Waals surface area (Å²) >= 11 is 0. The molecule has 1 unspecified atom stereocenters. The molecule has 3 aromatic rings. The van der Waals surface area contributed by atoms with Crippen LogP contribution in [0.5, 0.6) is 0 Å². The first-order valence-corrected chi connectivity index (χ1v) is 9.80. The number of nitrogens with zero attached hydrogens (tertiary/aromatic N) is 3. The van der Waals surface area contributed by atoms with E-state index >= 15 is 0 Å². The van der Waals surface area contributed by atoms with Crippen molar-refractivity contribution >= 4 is 5.91 Å². The topological polar surface area (TPSA) is 59.2 Å². The molecular weight excluding hydrogens is 350 g/mol. The molecule has 5 heteroatoms. The lowest BCUT2D eigenvalue weighted by Crippen LogP contribution is -2.24. The number of carbonyl (C=O) groups excluding carboxylic acids is 1. The zero-order valence-corrected chi connectivity index (χ0v) is 16.6. The molecule has 2 aromatic carbocycles. The van der Waals surface area contributed by atoms with Crippen LogP contribution < -0.4 is 0 Å². The Balaban J connectivity index is 1.47. The number of rotatable bonds is 5. The van der Waals surface area contributed by atoms with Crippen molar-refractivity contribution in [3.8, 4) is 11.4 Å². The Morgan fingerprint density at radius 1 is 1.11 bits per heavy atom. The third kappa shape index (κ3) is 3.70. The molecule has 0 aliphatic carbocycles. The van der Waals surface area contributed by atoms with Crippen molar-refractivity contribution in [3.05, 3.63) is 70.6 Å². The number of aromatic nitrogens is 2. The van der Waals surface area contributed by atoms with Crippen LogP contribution in [0.15, 0.2) is 47.0 Å². The molecule has 1 aromatic heterocycles. The van der Waals surface area contributed by atoms with Crippen molar-refractivity contribution in [2.45, 2.75) is 46.1 Å². The lowest BCUT2D eigenvalue weighted by Gasteiger charge is -2.16. The first-order chi connectivity index (χ1) is 13.5. The SMILES string of the molecule is CCc1ccc(CN2CC(c3nc(-c4ccc(C)cc4C)no3)CC2=O)cc1. The highest BCUT2D eigenvalue weighted by Gasteiger charge is 2.34. The predicted octanol–water partition coefficient (Wildman–Crippen LogP) is 4.43. The maximum absolute atomic E-state index is 12.5. The summed E-state index contributed by atoms with van der Waals surface area (Å²) in [5, 5.41) is 4.16. The number of carbonyl (C=O) groups is 1. The minimum atomic E-state index is -0.0468. The Morgan fingerprint density at radius 2 is 1.86 bits per heavy atom. The summed E-state index contributed by atoms with van der Waals surface area (Å²) in [6.07, 6.45) is 1.44. The van der Waals surface area contributed by atoms with Gasteiger partial charge in [-0.1, -0.05) is 60.1 Å². The Kier molecular flexibility index (Phi) is 4.99. The Bertz CT molecular complexity index is 991. The Morgan fingerprint density at radius 3 is 2.57 bits per heavy atom. The molecule has 5 nitrogen and oxygen atoms in total. The standard InChI is InChI=1S/C23H25N3O2/c1-4-17-6-8-18(9-7-17)13-26-14-19(12-21(26)27)23-24-22(25-28-23)20-10-5-15(2)11-16(20)3/h5-11,19H,4,12-14H2,1-3H3. The van der Waals surface area contributed by atoms with E-state index in [2.05, 4.69) is 54.3 Å². The largest absolute Gasteiger partial charge is 0.339 e. The van der Waals surface area contributed by atoms with Crippen LogP contribution in [0.3, 0.4) is 0 Å². The quantitative estimate of drug-likeness (QED) is 0.662. The van der Waals surface area contributed by atoms with E-state index in [4.69, 9.17) is 4.52 Å². The number of likely N-dealkylation sites (tertiary alicyclic amines) is 1. The average Bonchev–Trinajstić information content (AvgIpc) is 3.30. The second-order valence-corrected chi connectivity index (χ2v) is 7.62. The van der Waals surface area contributed by atoms with E-state index in [1.165, 1.54) is 11.1 Å². The van der Waals surface area contributed by atoms with Gasteiger partial charge in [0.1, 0.15) is 0 Å². The summed E-state index contributed by atoms with van der Waals surface area (Å²) in [4.78, 5) is 19.0. The minimum Gasteiger partial charge on any atom is -0.339 e. The Hall–Kier alpha value is -2.95. The van der Waals surface area contributed by atoms with Crippen molar-refractivity contribution in [1.29, 1.82) is 0 Å². The van der Waals surface area contributed by atoms with Gasteiger partial charge in [-0.25, -0.2) is 0 Å². The van der Waals surface area contributed by atoms with Gasteiger partial charge in [-0.15, -0.1) is 0 Å². The normalized spacial score (nSPS) is 16.8. The fourth-order valence-corrected chi connectivity index (χ4v) is 3.77. The van der Waals surface area contributed by atoms with Gasteiger partial charge in [0.15, 0.2) is 0 Å². The lowest BCUT2D eigenvalue weighted by atomic mass is 10.1. The zero-order valence-electron chi connectivity index (χ0n) is 16.6. The van der Waals surface area contributed by atoms with Gasteiger partial charge in [0.25, 0.3) is 0 Å². The third-order valence-corrected chi connectivity index (χ3v) is 5.43. The first-order valence-electron chi connectivity index (χ1n) is 9.80. The van der Waals surface area contributed by atoms with Crippen LogP contribution in [-0.4, -0.2) is 27.5 Å². The summed E-state index contributed by atoms with van der Waals surface area (Å²) < 4.78 is 5.53. The number of aryl methyl sites for hydroxylation is 3. The molecule has 0 saturated carbocycles. The molecule has 1 aliphatic rings. The molecule has 0 radical (unpaired) electrons. The number of hydrogen-bond acceptors (Lipinski definition) is 4. The van der Waals surface area contributed by atoms with E-state index in [-0.39, 0.29) is 11.8 Å². The molecule has 1 atom stereocenters. The summed E-state index contributed by atoms with van der Waals surface area (Å²) in [7, 11) is 0. The monoisotopic (exact) mass is 375 g/mol. The van der Waals surface area contributed by atoms with Crippen molar-refractivity contribution in [1.82, 2.24) is 15.0 Å². The van der Waals surface area contributed by atoms with Crippen molar-refractivity contribution in [3.63, 3.8) is 0 Å². The summed E-state index contributed by atoms with van der Waals surface area (Å²) in [5.41, 5.74) is 5.74. The number of benzene rings is 2. The van der Waals surface area contributed by atoms with Gasteiger partial charge < -0.3 is 9.42 Å². The Labute approximate surface area is 165 Å². The van der Waals surface area contributed by atoms with Crippen LogP contribution in [0.1, 0.15) is 47.4 Å². The smallest absolute Gasteiger partial charge is 0.232 e. The van der Waals surface area contributed by atoms with Crippen LogP contribution in [0.25, 0.3) is 11.4 Å². The second-order valence-electron chi connectivity index (χ2n) is 7.62. The van der Waals surface area contributed by atoms with E-state index in [1.807, 2.05) is 24.0 Å². The summed E-state index contributed by atoms with van der Waals surface area (Å²) in [6.45, 7) is 7.48. The van der Waals surface area contributed by atoms with E-state index in [0.29, 0.717) is 31.2 Å².